The molecule has 1 atom stereocenters. The maximum absolute atomic E-state index is 13.1. The molecule has 0 saturated carbocycles. The first-order valence-corrected chi connectivity index (χ1v) is 14.2. The first-order valence-electron chi connectivity index (χ1n) is 14.2. The van der Waals surface area contributed by atoms with Crippen molar-refractivity contribution < 1.29 is 23.1 Å². The van der Waals surface area contributed by atoms with E-state index in [1.807, 2.05) is 28.8 Å². The van der Waals surface area contributed by atoms with E-state index in [9.17, 15) is 27.9 Å². The standard InChI is InChI=1S/C30H33F3N6O3/c1-19(40)37-15-12-26-24(18-37)28(20-6-8-21(9-7-20)30(31,32)33)35-38(26)17-23(41)16-36-13-10-22(11-14-36)39-27-5-3-2-4-25(27)34-29(39)42/h2-9,22-23,41H,10-18H2,1H3,(H,34,42). The fraction of sp³-hybridized carbons (Fsp3) is 0.433. The second-order valence-corrected chi connectivity index (χ2v) is 11.2. The lowest BCUT2D eigenvalue weighted by Crippen LogP contribution is -2.42. The van der Waals surface area contributed by atoms with E-state index in [0.29, 0.717) is 37.3 Å². The van der Waals surface area contributed by atoms with Crippen molar-refractivity contribution in [3.05, 3.63) is 75.8 Å². The minimum atomic E-state index is -4.44. The minimum absolute atomic E-state index is 0.0786. The van der Waals surface area contributed by atoms with E-state index in [4.69, 9.17) is 5.10 Å². The Morgan fingerprint density at radius 1 is 1.07 bits per heavy atom. The van der Waals surface area contributed by atoms with Crippen LogP contribution >= 0.6 is 0 Å². The van der Waals surface area contributed by atoms with Gasteiger partial charge in [0, 0.05) is 68.9 Å². The molecular formula is C30H33F3N6O3. The number of rotatable bonds is 6. The summed E-state index contributed by atoms with van der Waals surface area (Å²) in [5, 5.41) is 15.8. The van der Waals surface area contributed by atoms with Crippen LogP contribution in [0, 0.1) is 0 Å². The summed E-state index contributed by atoms with van der Waals surface area (Å²) in [6, 6.07) is 12.6. The number of para-hydroxylation sites is 2. The lowest BCUT2D eigenvalue weighted by Gasteiger charge is -2.33. The number of halogens is 3. The number of aromatic amines is 1. The third-order valence-corrected chi connectivity index (χ3v) is 8.46. The lowest BCUT2D eigenvalue weighted by molar-refractivity contribution is -0.137. The minimum Gasteiger partial charge on any atom is -0.390 e. The topological polar surface area (TPSA) is 99.4 Å². The second kappa shape index (κ2) is 11.1. The van der Waals surface area contributed by atoms with E-state index in [-0.39, 0.29) is 24.2 Å². The number of H-pyrrole nitrogens is 1. The van der Waals surface area contributed by atoms with Crippen LogP contribution in [0.4, 0.5) is 13.2 Å². The lowest BCUT2D eigenvalue weighted by atomic mass is 10.00. The molecule has 4 heterocycles. The quantitative estimate of drug-likeness (QED) is 0.360. The zero-order valence-corrected chi connectivity index (χ0v) is 23.3. The number of aliphatic hydroxyl groups excluding tert-OH is 1. The zero-order chi connectivity index (χ0) is 29.6. The number of benzene rings is 2. The summed E-state index contributed by atoms with van der Waals surface area (Å²) in [6.45, 7) is 4.44. The molecule has 42 heavy (non-hydrogen) atoms. The molecule has 0 bridgehead atoms. The maximum atomic E-state index is 13.1. The van der Waals surface area contributed by atoms with Gasteiger partial charge in [-0.2, -0.15) is 18.3 Å². The van der Waals surface area contributed by atoms with E-state index in [1.54, 1.807) is 9.58 Å². The van der Waals surface area contributed by atoms with Gasteiger partial charge in [0.1, 0.15) is 0 Å². The molecule has 6 rings (SSSR count). The van der Waals surface area contributed by atoms with Crippen LogP contribution in [0.2, 0.25) is 0 Å². The second-order valence-electron chi connectivity index (χ2n) is 11.2. The number of hydrogen-bond acceptors (Lipinski definition) is 5. The molecule has 4 aromatic rings. The third kappa shape index (κ3) is 5.48. The van der Waals surface area contributed by atoms with Crippen molar-refractivity contribution in [2.45, 2.75) is 57.6 Å². The van der Waals surface area contributed by atoms with Gasteiger partial charge in [-0.3, -0.25) is 14.0 Å². The van der Waals surface area contributed by atoms with Crippen molar-refractivity contribution in [3.63, 3.8) is 0 Å². The van der Waals surface area contributed by atoms with E-state index in [1.165, 1.54) is 19.1 Å². The number of amides is 1. The van der Waals surface area contributed by atoms with Crippen LogP contribution in [0.15, 0.2) is 53.3 Å². The molecule has 1 fully saturated rings. The number of imidazole rings is 1. The molecule has 2 aromatic heterocycles. The van der Waals surface area contributed by atoms with Gasteiger partial charge in [0.2, 0.25) is 5.91 Å². The van der Waals surface area contributed by atoms with Crippen LogP contribution < -0.4 is 5.69 Å². The molecule has 2 aliphatic heterocycles. The molecule has 0 spiro atoms. The summed E-state index contributed by atoms with van der Waals surface area (Å²) in [6.07, 6.45) is -3.06. The van der Waals surface area contributed by atoms with Crippen LogP contribution in [0.3, 0.4) is 0 Å². The fourth-order valence-electron chi connectivity index (χ4n) is 6.31. The number of β-amino-alcohol motifs (C(OH)–C–C–N with tert-alkyl or cyclic N) is 1. The number of aromatic nitrogens is 4. The Hall–Kier alpha value is -3.90. The predicted molar refractivity (Wildman–Crippen MR) is 151 cm³/mol. The number of piperidine rings is 1. The van der Waals surface area contributed by atoms with Crippen molar-refractivity contribution in [3.8, 4) is 11.3 Å². The van der Waals surface area contributed by atoms with Gasteiger partial charge in [0.15, 0.2) is 0 Å². The smallest absolute Gasteiger partial charge is 0.390 e. The first-order chi connectivity index (χ1) is 20.1. The van der Waals surface area contributed by atoms with Gasteiger partial charge in [-0.05, 0) is 37.1 Å². The van der Waals surface area contributed by atoms with Gasteiger partial charge < -0.3 is 19.9 Å². The Morgan fingerprint density at radius 3 is 2.48 bits per heavy atom. The molecule has 0 radical (unpaired) electrons. The molecule has 9 nitrogen and oxygen atoms in total. The number of carbonyl (C=O) groups is 1. The van der Waals surface area contributed by atoms with Crippen LogP contribution in [-0.2, 0) is 30.5 Å². The Bertz CT molecular complexity index is 1650. The van der Waals surface area contributed by atoms with E-state index in [0.717, 1.165) is 60.4 Å². The molecule has 2 N–H and O–H groups in total. The average molecular weight is 583 g/mol. The first kappa shape index (κ1) is 28.2. The number of aliphatic hydroxyl groups is 1. The highest BCUT2D eigenvalue weighted by molar-refractivity contribution is 5.75. The third-order valence-electron chi connectivity index (χ3n) is 8.46. The number of hydrogen-bond donors (Lipinski definition) is 2. The normalized spacial score (nSPS) is 17.5. The van der Waals surface area contributed by atoms with Gasteiger partial charge in [0.05, 0.1) is 34.9 Å². The summed E-state index contributed by atoms with van der Waals surface area (Å²) < 4.78 is 43.0. The summed E-state index contributed by atoms with van der Waals surface area (Å²) >= 11 is 0. The SMILES string of the molecule is CC(=O)N1CCc2c(c(-c3ccc(C(F)(F)F)cc3)nn2CC(O)CN2CCC(n3c(=O)[nH]c4ccccc43)CC2)C1. The Balaban J connectivity index is 1.16. The fourth-order valence-corrected chi connectivity index (χ4v) is 6.31. The number of nitrogens with zero attached hydrogens (tertiary/aromatic N) is 5. The van der Waals surface area contributed by atoms with Gasteiger partial charge in [0.25, 0.3) is 0 Å². The molecular weight excluding hydrogens is 549 g/mol. The predicted octanol–water partition coefficient (Wildman–Crippen LogP) is 3.81. The molecule has 1 amide bonds. The Morgan fingerprint density at radius 2 is 1.79 bits per heavy atom. The van der Waals surface area contributed by atoms with Gasteiger partial charge in [-0.15, -0.1) is 0 Å². The van der Waals surface area contributed by atoms with Gasteiger partial charge in [-0.1, -0.05) is 24.3 Å². The van der Waals surface area contributed by atoms with Crippen LogP contribution in [0.1, 0.15) is 42.6 Å². The summed E-state index contributed by atoms with van der Waals surface area (Å²) in [7, 11) is 0. The number of likely N-dealkylation sites (tertiary alicyclic amines) is 1. The monoisotopic (exact) mass is 582 g/mol. The molecule has 1 saturated heterocycles. The summed E-state index contributed by atoms with van der Waals surface area (Å²) in [5.74, 6) is -0.0786. The molecule has 222 valence electrons. The van der Waals surface area contributed by atoms with Gasteiger partial charge in [-0.25, -0.2) is 4.79 Å². The molecule has 0 aliphatic carbocycles. The highest BCUT2D eigenvalue weighted by Gasteiger charge is 2.32. The van der Waals surface area contributed by atoms with Crippen molar-refractivity contribution >= 4 is 16.9 Å². The number of alkyl halides is 3. The van der Waals surface area contributed by atoms with Crippen molar-refractivity contribution in [2.24, 2.45) is 0 Å². The number of fused-ring (bicyclic) bond motifs is 2. The molecule has 12 heteroatoms. The van der Waals surface area contributed by atoms with Crippen LogP contribution in [-0.4, -0.2) is 72.4 Å². The number of carbonyl (C=O) groups excluding carboxylic acids is 1. The van der Waals surface area contributed by atoms with Gasteiger partial charge >= 0.3 is 11.9 Å². The zero-order valence-electron chi connectivity index (χ0n) is 23.3. The maximum Gasteiger partial charge on any atom is 0.416 e. The molecule has 2 aromatic carbocycles. The van der Waals surface area contributed by atoms with Crippen LogP contribution in [0.25, 0.3) is 22.3 Å². The van der Waals surface area contributed by atoms with Crippen LogP contribution in [0.5, 0.6) is 0 Å². The molecule has 2 aliphatic rings. The van der Waals surface area contributed by atoms with E-state index in [2.05, 4.69) is 9.88 Å². The van der Waals surface area contributed by atoms with E-state index < -0.39 is 17.8 Å². The Kier molecular flexibility index (Phi) is 7.44. The average Bonchev–Trinajstić information content (AvgIpc) is 3.49. The van der Waals surface area contributed by atoms with E-state index >= 15 is 0 Å². The Labute approximate surface area is 240 Å². The van der Waals surface area contributed by atoms with Crippen molar-refractivity contribution in [1.82, 2.24) is 29.1 Å². The van der Waals surface area contributed by atoms with Crippen molar-refractivity contribution in [2.75, 3.05) is 26.2 Å². The number of nitrogens with one attached hydrogen (secondary N) is 1. The largest absolute Gasteiger partial charge is 0.416 e. The summed E-state index contributed by atoms with van der Waals surface area (Å²) in [5.41, 5.74) is 3.63. The highest BCUT2D eigenvalue weighted by atomic mass is 19.4. The highest BCUT2D eigenvalue weighted by Crippen LogP contribution is 2.34. The molecule has 1 unspecified atom stereocenters. The summed E-state index contributed by atoms with van der Waals surface area (Å²) in [4.78, 5) is 31.5. The van der Waals surface area contributed by atoms with Crippen molar-refractivity contribution in [1.29, 1.82) is 0 Å².